The van der Waals surface area contributed by atoms with E-state index >= 15 is 0 Å². The Bertz CT molecular complexity index is 690. The van der Waals surface area contributed by atoms with Crippen LogP contribution in [0.3, 0.4) is 0 Å². The van der Waals surface area contributed by atoms with Crippen molar-refractivity contribution in [1.82, 2.24) is 9.55 Å². The highest BCUT2D eigenvalue weighted by Gasteiger charge is 2.28. The molecule has 1 aromatic carbocycles. The molecule has 1 aliphatic carbocycles. The molecule has 1 heterocycles. The largest absolute Gasteiger partial charge is 0.497 e. The van der Waals surface area contributed by atoms with E-state index in [0.29, 0.717) is 17.6 Å². The highest BCUT2D eigenvalue weighted by molar-refractivity contribution is 6.29. The van der Waals surface area contributed by atoms with Crippen molar-refractivity contribution in [2.45, 2.75) is 31.7 Å². The number of aromatic nitrogens is 2. The van der Waals surface area contributed by atoms with Gasteiger partial charge in [0.05, 0.1) is 7.11 Å². The molecule has 5 heteroatoms. The van der Waals surface area contributed by atoms with E-state index in [1.807, 2.05) is 24.3 Å². The first-order valence-corrected chi connectivity index (χ1v) is 7.45. The molecule has 1 aromatic heterocycles. The zero-order valence-corrected chi connectivity index (χ0v) is 12.6. The van der Waals surface area contributed by atoms with Crippen LogP contribution in [0.25, 0.3) is 0 Å². The lowest BCUT2D eigenvalue weighted by atomic mass is 10.1. The van der Waals surface area contributed by atoms with Crippen molar-refractivity contribution in [3.63, 3.8) is 0 Å². The number of methoxy groups -OCH3 is 1. The quantitative estimate of drug-likeness (QED) is 0.798. The smallest absolute Gasteiger partial charge is 0.255 e. The minimum atomic E-state index is -0.0644. The molecule has 0 unspecified atom stereocenters. The molecular formula is C16H17ClN2O2. The molecular weight excluding hydrogens is 288 g/mol. The third kappa shape index (κ3) is 3.27. The first-order chi connectivity index (χ1) is 10.2. The van der Waals surface area contributed by atoms with E-state index in [0.717, 1.165) is 30.8 Å². The summed E-state index contributed by atoms with van der Waals surface area (Å²) in [5, 5.41) is 0.294. The first-order valence-electron chi connectivity index (χ1n) is 7.07. The molecule has 4 nitrogen and oxygen atoms in total. The van der Waals surface area contributed by atoms with Gasteiger partial charge in [-0.3, -0.25) is 9.36 Å². The van der Waals surface area contributed by atoms with Crippen molar-refractivity contribution in [3.05, 3.63) is 57.2 Å². The van der Waals surface area contributed by atoms with Crippen LogP contribution in [0.1, 0.15) is 30.1 Å². The molecule has 0 N–H and O–H groups in total. The van der Waals surface area contributed by atoms with Gasteiger partial charge >= 0.3 is 0 Å². The van der Waals surface area contributed by atoms with Crippen LogP contribution >= 0.6 is 11.6 Å². The summed E-state index contributed by atoms with van der Waals surface area (Å²) >= 11 is 5.91. The second kappa shape index (κ2) is 5.90. The molecule has 0 bridgehead atoms. The molecule has 21 heavy (non-hydrogen) atoms. The Labute approximate surface area is 128 Å². The van der Waals surface area contributed by atoms with Gasteiger partial charge in [0.15, 0.2) is 0 Å². The van der Waals surface area contributed by atoms with Gasteiger partial charge < -0.3 is 4.74 Å². The van der Waals surface area contributed by atoms with Crippen molar-refractivity contribution in [2.24, 2.45) is 0 Å². The lowest BCUT2D eigenvalue weighted by Crippen LogP contribution is -2.25. The summed E-state index contributed by atoms with van der Waals surface area (Å²) in [6.07, 6.45) is 2.97. The van der Waals surface area contributed by atoms with Gasteiger partial charge in [0.1, 0.15) is 16.7 Å². The number of halogens is 1. The van der Waals surface area contributed by atoms with E-state index in [4.69, 9.17) is 16.3 Å². The topological polar surface area (TPSA) is 44.1 Å². The summed E-state index contributed by atoms with van der Waals surface area (Å²) in [6.45, 7) is 0.626. The molecule has 0 aliphatic heterocycles. The Morgan fingerprint density at radius 3 is 2.67 bits per heavy atom. The highest BCUT2D eigenvalue weighted by Crippen LogP contribution is 2.38. The molecule has 2 aromatic rings. The van der Waals surface area contributed by atoms with Gasteiger partial charge in [-0.1, -0.05) is 23.7 Å². The average Bonchev–Trinajstić information content (AvgIpc) is 3.31. The number of rotatable bonds is 5. The number of hydrogen-bond donors (Lipinski definition) is 0. The SMILES string of the molecule is COc1ccc(CCn2c(C3CC3)nc(Cl)cc2=O)cc1. The number of hydrogen-bond acceptors (Lipinski definition) is 3. The van der Waals surface area contributed by atoms with Gasteiger partial charge in [0, 0.05) is 18.5 Å². The van der Waals surface area contributed by atoms with Crippen LogP contribution in [0.4, 0.5) is 0 Å². The fraction of sp³-hybridized carbons (Fsp3) is 0.375. The second-order valence-electron chi connectivity index (χ2n) is 5.30. The molecule has 0 radical (unpaired) electrons. The normalized spacial score (nSPS) is 14.2. The minimum Gasteiger partial charge on any atom is -0.497 e. The summed E-state index contributed by atoms with van der Waals surface area (Å²) in [6, 6.07) is 9.29. The fourth-order valence-corrected chi connectivity index (χ4v) is 2.59. The van der Waals surface area contributed by atoms with Gasteiger partial charge in [-0.15, -0.1) is 0 Å². The van der Waals surface area contributed by atoms with Gasteiger partial charge in [0.25, 0.3) is 5.56 Å². The van der Waals surface area contributed by atoms with Gasteiger partial charge in [0.2, 0.25) is 0 Å². The average molecular weight is 305 g/mol. The van der Waals surface area contributed by atoms with Crippen LogP contribution in [-0.2, 0) is 13.0 Å². The van der Waals surface area contributed by atoms with Crippen LogP contribution in [0.5, 0.6) is 5.75 Å². The summed E-state index contributed by atoms with van der Waals surface area (Å²) in [5.41, 5.74) is 1.10. The van der Waals surface area contributed by atoms with Gasteiger partial charge in [-0.25, -0.2) is 4.98 Å². The van der Waals surface area contributed by atoms with Crippen LogP contribution in [0.2, 0.25) is 5.15 Å². The van der Waals surface area contributed by atoms with Crippen molar-refractivity contribution in [2.75, 3.05) is 7.11 Å². The van der Waals surface area contributed by atoms with Crippen LogP contribution in [0.15, 0.2) is 35.1 Å². The highest BCUT2D eigenvalue weighted by atomic mass is 35.5. The molecule has 1 fully saturated rings. The zero-order valence-electron chi connectivity index (χ0n) is 11.9. The molecule has 0 amide bonds. The number of nitrogens with zero attached hydrogens (tertiary/aromatic N) is 2. The Morgan fingerprint density at radius 1 is 1.33 bits per heavy atom. The second-order valence-corrected chi connectivity index (χ2v) is 5.69. The molecule has 3 rings (SSSR count). The lowest BCUT2D eigenvalue weighted by molar-refractivity contribution is 0.414. The summed E-state index contributed by atoms with van der Waals surface area (Å²) < 4.78 is 6.90. The maximum atomic E-state index is 12.1. The maximum Gasteiger partial charge on any atom is 0.255 e. The first kappa shape index (κ1) is 14.1. The van der Waals surface area contributed by atoms with Gasteiger partial charge in [-0.2, -0.15) is 0 Å². The Hall–Kier alpha value is -1.81. The Kier molecular flexibility index (Phi) is 3.97. The summed E-state index contributed by atoms with van der Waals surface area (Å²) in [7, 11) is 1.65. The van der Waals surface area contributed by atoms with E-state index < -0.39 is 0 Å². The van der Waals surface area contributed by atoms with Crippen molar-refractivity contribution < 1.29 is 4.74 Å². The molecule has 0 spiro atoms. The molecule has 0 saturated heterocycles. The summed E-state index contributed by atoms with van der Waals surface area (Å²) in [5.74, 6) is 2.07. The fourth-order valence-electron chi connectivity index (χ4n) is 2.41. The van der Waals surface area contributed by atoms with E-state index in [1.54, 1.807) is 11.7 Å². The van der Waals surface area contributed by atoms with Crippen molar-refractivity contribution in [1.29, 1.82) is 0 Å². The third-order valence-corrected chi connectivity index (χ3v) is 3.93. The predicted octanol–water partition coefficient (Wildman–Crippen LogP) is 3.03. The molecule has 1 aliphatic rings. The van der Waals surface area contributed by atoms with Crippen LogP contribution in [0, 0.1) is 0 Å². The van der Waals surface area contributed by atoms with Crippen molar-refractivity contribution >= 4 is 11.6 Å². The minimum absolute atomic E-state index is 0.0644. The lowest BCUT2D eigenvalue weighted by Gasteiger charge is -2.11. The molecule has 110 valence electrons. The predicted molar refractivity (Wildman–Crippen MR) is 82.2 cm³/mol. The van der Waals surface area contributed by atoms with Crippen LogP contribution in [-0.4, -0.2) is 16.7 Å². The standard InChI is InChI=1S/C16H17ClN2O2/c1-21-13-6-2-11(3-7-13)8-9-19-15(20)10-14(17)18-16(19)12-4-5-12/h2-3,6-7,10,12H,4-5,8-9H2,1H3. The monoisotopic (exact) mass is 304 g/mol. The summed E-state index contributed by atoms with van der Waals surface area (Å²) in [4.78, 5) is 16.5. The van der Waals surface area contributed by atoms with E-state index in [9.17, 15) is 4.79 Å². The van der Waals surface area contributed by atoms with E-state index in [-0.39, 0.29) is 5.56 Å². The third-order valence-electron chi connectivity index (χ3n) is 3.73. The molecule has 0 atom stereocenters. The Balaban J connectivity index is 1.79. The maximum absolute atomic E-state index is 12.1. The van der Waals surface area contributed by atoms with Gasteiger partial charge in [-0.05, 0) is 37.0 Å². The zero-order chi connectivity index (χ0) is 14.8. The molecule has 1 saturated carbocycles. The van der Waals surface area contributed by atoms with E-state index in [1.165, 1.54) is 11.6 Å². The Morgan fingerprint density at radius 2 is 2.05 bits per heavy atom. The number of aryl methyl sites for hydroxylation is 1. The van der Waals surface area contributed by atoms with Crippen molar-refractivity contribution in [3.8, 4) is 5.75 Å². The van der Waals surface area contributed by atoms with Crippen LogP contribution < -0.4 is 10.3 Å². The van der Waals surface area contributed by atoms with E-state index in [2.05, 4.69) is 4.98 Å². The number of benzene rings is 1. The number of ether oxygens (including phenoxy) is 1.